The Bertz CT molecular complexity index is 1190. The first-order valence-electron chi connectivity index (χ1n) is 10.6. The van der Waals surface area contributed by atoms with Crippen LogP contribution in [-0.4, -0.2) is 20.4 Å². The second-order valence-electron chi connectivity index (χ2n) is 8.35. The summed E-state index contributed by atoms with van der Waals surface area (Å²) in [6.45, 7) is 9.31. The quantitative estimate of drug-likeness (QED) is 0.545. The number of nitrogens with one attached hydrogen (secondary N) is 2. The van der Waals surface area contributed by atoms with Crippen LogP contribution in [0.15, 0.2) is 65.6 Å². The molecule has 1 atom stereocenters. The fourth-order valence-corrected chi connectivity index (χ4v) is 5.74. The van der Waals surface area contributed by atoms with Crippen LogP contribution in [0, 0.1) is 34.6 Å². The predicted molar refractivity (Wildman–Crippen MR) is 129 cm³/mol. The maximum atomic E-state index is 13.4. The van der Waals surface area contributed by atoms with Crippen molar-refractivity contribution in [3.8, 4) is 0 Å². The Labute approximate surface area is 190 Å². The SMILES string of the molecule is Cc1cc(C)c(S(=O)(=O)N[C@H](Cc2ccccc2)C(=O)Nc2c(C)cccc2C)c(C)c1. The molecule has 3 aromatic carbocycles. The molecule has 0 saturated heterocycles. The first-order chi connectivity index (χ1) is 15.1. The lowest BCUT2D eigenvalue weighted by Gasteiger charge is -2.21. The zero-order valence-electron chi connectivity index (χ0n) is 19.2. The van der Waals surface area contributed by atoms with E-state index in [1.54, 1.807) is 13.8 Å². The highest BCUT2D eigenvalue weighted by atomic mass is 32.2. The summed E-state index contributed by atoms with van der Waals surface area (Å²) in [5.74, 6) is -0.391. The van der Waals surface area contributed by atoms with Crippen LogP contribution < -0.4 is 10.0 Å². The van der Waals surface area contributed by atoms with Crippen LogP contribution in [-0.2, 0) is 21.2 Å². The highest BCUT2D eigenvalue weighted by Crippen LogP contribution is 2.23. The fraction of sp³-hybridized carbons (Fsp3) is 0.269. The third kappa shape index (κ3) is 5.44. The van der Waals surface area contributed by atoms with E-state index in [9.17, 15) is 13.2 Å². The molecular formula is C26H30N2O3S. The fourth-order valence-electron chi connectivity index (χ4n) is 4.10. The Morgan fingerprint density at radius 1 is 0.812 bits per heavy atom. The number of anilines is 1. The third-order valence-corrected chi connectivity index (χ3v) is 7.28. The molecule has 2 N–H and O–H groups in total. The first-order valence-corrected chi connectivity index (χ1v) is 12.1. The highest BCUT2D eigenvalue weighted by Gasteiger charge is 2.29. The Balaban J connectivity index is 1.97. The van der Waals surface area contributed by atoms with E-state index in [4.69, 9.17) is 0 Å². The average molecular weight is 451 g/mol. The van der Waals surface area contributed by atoms with Crippen LogP contribution in [0.1, 0.15) is 33.4 Å². The number of rotatable bonds is 7. The highest BCUT2D eigenvalue weighted by molar-refractivity contribution is 7.89. The summed E-state index contributed by atoms with van der Waals surface area (Å²) in [7, 11) is -3.93. The van der Waals surface area contributed by atoms with E-state index in [0.717, 1.165) is 22.3 Å². The number of aryl methyl sites for hydroxylation is 5. The van der Waals surface area contributed by atoms with Gasteiger partial charge in [-0.15, -0.1) is 0 Å². The Morgan fingerprint density at radius 3 is 1.94 bits per heavy atom. The minimum atomic E-state index is -3.93. The normalized spacial score (nSPS) is 12.4. The van der Waals surface area contributed by atoms with Gasteiger partial charge in [0.2, 0.25) is 15.9 Å². The number of para-hydroxylation sites is 1. The van der Waals surface area contributed by atoms with Gasteiger partial charge in [-0.05, 0) is 68.9 Å². The van der Waals surface area contributed by atoms with Gasteiger partial charge >= 0.3 is 0 Å². The Kier molecular flexibility index (Phi) is 7.16. The maximum absolute atomic E-state index is 13.4. The zero-order chi connectivity index (χ0) is 23.5. The molecule has 0 radical (unpaired) electrons. The van der Waals surface area contributed by atoms with Crippen molar-refractivity contribution in [2.45, 2.75) is 52.0 Å². The van der Waals surface area contributed by atoms with Gasteiger partial charge in [-0.3, -0.25) is 4.79 Å². The molecule has 5 nitrogen and oxygen atoms in total. The summed E-state index contributed by atoms with van der Waals surface area (Å²) in [6.07, 6.45) is 0.237. The average Bonchev–Trinajstić information content (AvgIpc) is 2.69. The molecule has 0 aliphatic rings. The van der Waals surface area contributed by atoms with Crippen molar-refractivity contribution >= 4 is 21.6 Å². The smallest absolute Gasteiger partial charge is 0.242 e. The van der Waals surface area contributed by atoms with E-state index >= 15 is 0 Å². The van der Waals surface area contributed by atoms with Gasteiger partial charge in [-0.1, -0.05) is 66.2 Å². The van der Waals surface area contributed by atoms with E-state index in [0.29, 0.717) is 16.8 Å². The minimum absolute atomic E-state index is 0.223. The molecule has 0 spiro atoms. The minimum Gasteiger partial charge on any atom is -0.324 e. The largest absolute Gasteiger partial charge is 0.324 e. The van der Waals surface area contributed by atoms with Crippen molar-refractivity contribution in [2.24, 2.45) is 0 Å². The first kappa shape index (κ1) is 23.7. The van der Waals surface area contributed by atoms with Gasteiger partial charge in [0.15, 0.2) is 0 Å². The number of benzene rings is 3. The lowest BCUT2D eigenvalue weighted by atomic mass is 10.0. The van der Waals surface area contributed by atoms with Crippen LogP contribution in [0.4, 0.5) is 5.69 Å². The van der Waals surface area contributed by atoms with E-state index < -0.39 is 22.0 Å². The van der Waals surface area contributed by atoms with E-state index in [1.807, 2.05) is 81.4 Å². The van der Waals surface area contributed by atoms with Gasteiger partial charge in [0.05, 0.1) is 4.90 Å². The Hall–Kier alpha value is -2.96. The molecule has 0 aliphatic heterocycles. The molecule has 168 valence electrons. The predicted octanol–water partition coefficient (Wildman–Crippen LogP) is 4.76. The van der Waals surface area contributed by atoms with Crippen molar-refractivity contribution in [3.05, 3.63) is 94.0 Å². The van der Waals surface area contributed by atoms with Crippen LogP contribution in [0.25, 0.3) is 0 Å². The van der Waals surface area contributed by atoms with Gasteiger partial charge in [0.25, 0.3) is 0 Å². The lowest BCUT2D eigenvalue weighted by Crippen LogP contribution is -2.45. The molecule has 1 amide bonds. The second-order valence-corrected chi connectivity index (χ2v) is 10.00. The number of carbonyl (C=O) groups excluding carboxylic acids is 1. The molecule has 0 unspecified atom stereocenters. The molecule has 3 aromatic rings. The van der Waals surface area contributed by atoms with Gasteiger partial charge < -0.3 is 5.32 Å². The van der Waals surface area contributed by atoms with Crippen LogP contribution in [0.5, 0.6) is 0 Å². The molecule has 0 aromatic heterocycles. The standard InChI is InChI=1S/C26H30N2O3S/c1-17-14-20(4)25(21(5)15-17)32(30,31)28-23(16-22-12-7-6-8-13-22)26(29)27-24-18(2)10-9-11-19(24)3/h6-15,23,28H,16H2,1-5H3,(H,27,29)/t23-/m1/s1. The van der Waals surface area contributed by atoms with E-state index in [-0.39, 0.29) is 11.3 Å². The molecule has 0 heterocycles. The summed E-state index contributed by atoms with van der Waals surface area (Å²) in [6, 6.07) is 17.9. The summed E-state index contributed by atoms with van der Waals surface area (Å²) in [5, 5.41) is 2.95. The summed E-state index contributed by atoms with van der Waals surface area (Å²) in [4.78, 5) is 13.5. The van der Waals surface area contributed by atoms with Crippen molar-refractivity contribution in [1.82, 2.24) is 4.72 Å². The molecule has 6 heteroatoms. The van der Waals surface area contributed by atoms with Crippen molar-refractivity contribution in [1.29, 1.82) is 0 Å². The molecule has 0 fully saturated rings. The molecular weight excluding hydrogens is 420 g/mol. The van der Waals surface area contributed by atoms with Crippen LogP contribution in [0.3, 0.4) is 0 Å². The molecule has 0 saturated carbocycles. The van der Waals surface area contributed by atoms with Crippen molar-refractivity contribution < 1.29 is 13.2 Å². The number of hydrogen-bond donors (Lipinski definition) is 2. The van der Waals surface area contributed by atoms with E-state index in [1.165, 1.54) is 0 Å². The second kappa shape index (κ2) is 9.67. The Morgan fingerprint density at radius 2 is 1.38 bits per heavy atom. The number of carbonyl (C=O) groups is 1. The molecule has 0 bridgehead atoms. The summed E-state index contributed by atoms with van der Waals surface area (Å²) < 4.78 is 29.4. The van der Waals surface area contributed by atoms with Gasteiger partial charge in [-0.25, -0.2) is 8.42 Å². The summed E-state index contributed by atoms with van der Waals surface area (Å²) >= 11 is 0. The lowest BCUT2D eigenvalue weighted by molar-refractivity contribution is -0.117. The number of sulfonamides is 1. The van der Waals surface area contributed by atoms with Gasteiger partial charge in [-0.2, -0.15) is 4.72 Å². The maximum Gasteiger partial charge on any atom is 0.242 e. The monoisotopic (exact) mass is 450 g/mol. The zero-order valence-corrected chi connectivity index (χ0v) is 20.0. The molecule has 3 rings (SSSR count). The number of hydrogen-bond acceptors (Lipinski definition) is 3. The topological polar surface area (TPSA) is 75.3 Å². The van der Waals surface area contributed by atoms with Crippen LogP contribution >= 0.6 is 0 Å². The summed E-state index contributed by atoms with van der Waals surface area (Å²) in [5.41, 5.74) is 5.72. The van der Waals surface area contributed by atoms with Crippen molar-refractivity contribution in [2.75, 3.05) is 5.32 Å². The van der Waals surface area contributed by atoms with Crippen molar-refractivity contribution in [3.63, 3.8) is 0 Å². The van der Waals surface area contributed by atoms with Gasteiger partial charge in [0, 0.05) is 5.69 Å². The number of amides is 1. The van der Waals surface area contributed by atoms with E-state index in [2.05, 4.69) is 10.0 Å². The van der Waals surface area contributed by atoms with Crippen LogP contribution in [0.2, 0.25) is 0 Å². The van der Waals surface area contributed by atoms with Gasteiger partial charge in [0.1, 0.15) is 6.04 Å². The third-order valence-electron chi connectivity index (χ3n) is 5.50. The molecule has 0 aliphatic carbocycles. The molecule has 32 heavy (non-hydrogen) atoms.